The molecule has 2 aromatic carbocycles. The molecule has 9 heteroatoms. The predicted octanol–water partition coefficient (Wildman–Crippen LogP) is 3.46. The van der Waals surface area contributed by atoms with Crippen LogP contribution in [-0.4, -0.2) is 44.9 Å². The molecule has 38 heavy (non-hydrogen) atoms. The van der Waals surface area contributed by atoms with Gasteiger partial charge in [0.1, 0.15) is 5.76 Å². The number of aromatic hydroxyl groups is 1. The van der Waals surface area contributed by atoms with Gasteiger partial charge < -0.3 is 29.5 Å². The van der Waals surface area contributed by atoms with Crippen molar-refractivity contribution in [3.05, 3.63) is 71.0 Å². The number of phenolic OH excluding ortho intramolecular Hbond substituents is 1. The van der Waals surface area contributed by atoms with Crippen molar-refractivity contribution in [1.29, 1.82) is 0 Å². The van der Waals surface area contributed by atoms with Crippen molar-refractivity contribution in [2.75, 3.05) is 0 Å². The van der Waals surface area contributed by atoms with Crippen LogP contribution in [0.5, 0.6) is 11.5 Å². The van der Waals surface area contributed by atoms with E-state index in [1.807, 2.05) is 6.07 Å². The van der Waals surface area contributed by atoms with Crippen molar-refractivity contribution in [3.63, 3.8) is 0 Å². The number of carboxylic acid groups (broad SMARTS) is 1. The van der Waals surface area contributed by atoms with E-state index in [1.165, 1.54) is 0 Å². The number of esters is 2. The van der Waals surface area contributed by atoms with Crippen LogP contribution < -0.4 is 4.74 Å². The van der Waals surface area contributed by atoms with Gasteiger partial charge in [0.25, 0.3) is 0 Å². The third-order valence-corrected chi connectivity index (χ3v) is 8.60. The lowest BCUT2D eigenvalue weighted by atomic mass is 9.47. The maximum absolute atomic E-state index is 12.8. The van der Waals surface area contributed by atoms with E-state index < -0.39 is 41.1 Å². The van der Waals surface area contributed by atoms with Crippen LogP contribution in [-0.2, 0) is 35.7 Å². The normalized spacial score (nSPS) is 28.8. The molecule has 0 aromatic heterocycles. The molecule has 1 saturated carbocycles. The fourth-order valence-corrected chi connectivity index (χ4v) is 7.00. The number of ether oxygens (including phenoxy) is 3. The summed E-state index contributed by atoms with van der Waals surface area (Å²) in [5.74, 6) is -2.26. The summed E-state index contributed by atoms with van der Waals surface area (Å²) in [5, 5.41) is 32.0. The summed E-state index contributed by atoms with van der Waals surface area (Å²) in [6, 6.07) is 11.6. The lowest BCUT2D eigenvalue weighted by Gasteiger charge is -2.59. The first-order valence-corrected chi connectivity index (χ1v) is 12.9. The monoisotopic (exact) mass is 520 g/mol. The lowest BCUT2D eigenvalue weighted by molar-refractivity contribution is -0.166. The SMILES string of the molecule is O=C(CCC(=O)O[C@H](C(=O)O)c1ccccc1)OC1=CC[C@]2(O)[C@H]3CCC[C@]24c2c(ccc(O)c2O[C@H]14)C3. The summed E-state index contributed by atoms with van der Waals surface area (Å²) >= 11 is 0. The summed E-state index contributed by atoms with van der Waals surface area (Å²) in [6.45, 7) is 0. The Morgan fingerprint density at radius 3 is 2.61 bits per heavy atom. The molecule has 1 spiro atoms. The zero-order valence-electron chi connectivity index (χ0n) is 20.6. The highest BCUT2D eigenvalue weighted by atomic mass is 16.6. The molecule has 5 atom stereocenters. The molecule has 2 aromatic rings. The van der Waals surface area contributed by atoms with Crippen molar-refractivity contribution in [3.8, 4) is 11.5 Å². The molecule has 0 radical (unpaired) electrons. The number of aliphatic carboxylic acids is 1. The van der Waals surface area contributed by atoms with Gasteiger partial charge in [-0.1, -0.05) is 42.8 Å². The Labute approximate surface area is 218 Å². The van der Waals surface area contributed by atoms with Crippen LogP contribution in [0.2, 0.25) is 0 Å². The summed E-state index contributed by atoms with van der Waals surface area (Å²) in [7, 11) is 0. The Hall–Kier alpha value is -3.85. The summed E-state index contributed by atoms with van der Waals surface area (Å²) < 4.78 is 17.0. The number of aliphatic hydroxyl groups is 1. The van der Waals surface area contributed by atoms with Crippen LogP contribution in [0.1, 0.15) is 61.3 Å². The highest BCUT2D eigenvalue weighted by Gasteiger charge is 2.70. The quantitative estimate of drug-likeness (QED) is 0.468. The molecule has 0 unspecified atom stereocenters. The van der Waals surface area contributed by atoms with Gasteiger partial charge in [-0.25, -0.2) is 4.79 Å². The number of carbonyl (C=O) groups is 3. The Kier molecular flexibility index (Phi) is 5.72. The second-order valence-electron chi connectivity index (χ2n) is 10.5. The van der Waals surface area contributed by atoms with Crippen LogP contribution in [0.25, 0.3) is 0 Å². The van der Waals surface area contributed by atoms with Gasteiger partial charge in [-0.2, -0.15) is 0 Å². The fourth-order valence-electron chi connectivity index (χ4n) is 7.00. The largest absolute Gasteiger partial charge is 0.504 e. The third-order valence-electron chi connectivity index (χ3n) is 8.60. The second kappa shape index (κ2) is 8.87. The van der Waals surface area contributed by atoms with Crippen molar-refractivity contribution in [2.45, 2.75) is 68.2 Å². The number of carbonyl (C=O) groups excluding carboxylic acids is 2. The van der Waals surface area contributed by atoms with Gasteiger partial charge >= 0.3 is 17.9 Å². The Morgan fingerprint density at radius 1 is 1.08 bits per heavy atom. The molecule has 0 saturated heterocycles. The van der Waals surface area contributed by atoms with Gasteiger partial charge in [-0.05, 0) is 49.3 Å². The minimum Gasteiger partial charge on any atom is -0.504 e. The molecule has 3 aliphatic carbocycles. The molecule has 4 aliphatic rings. The maximum Gasteiger partial charge on any atom is 0.349 e. The highest BCUT2D eigenvalue weighted by molar-refractivity contribution is 5.82. The summed E-state index contributed by atoms with van der Waals surface area (Å²) in [6.07, 6.45) is 2.10. The summed E-state index contributed by atoms with van der Waals surface area (Å²) in [5.41, 5.74) is 0.257. The highest BCUT2D eigenvalue weighted by Crippen LogP contribution is 2.67. The van der Waals surface area contributed by atoms with Crippen LogP contribution in [0.15, 0.2) is 54.3 Å². The smallest absolute Gasteiger partial charge is 0.349 e. The van der Waals surface area contributed by atoms with Crippen molar-refractivity contribution >= 4 is 17.9 Å². The first kappa shape index (κ1) is 24.5. The van der Waals surface area contributed by atoms with Gasteiger partial charge in [-0.3, -0.25) is 9.59 Å². The van der Waals surface area contributed by atoms with E-state index >= 15 is 0 Å². The topological polar surface area (TPSA) is 140 Å². The Balaban J connectivity index is 1.18. The minimum atomic E-state index is -1.48. The first-order chi connectivity index (χ1) is 18.2. The zero-order chi connectivity index (χ0) is 26.7. The third kappa shape index (κ3) is 3.52. The first-order valence-electron chi connectivity index (χ1n) is 12.9. The van der Waals surface area contributed by atoms with E-state index in [0.29, 0.717) is 24.2 Å². The van der Waals surface area contributed by atoms with Crippen LogP contribution >= 0.6 is 0 Å². The molecule has 1 aliphatic heterocycles. The minimum absolute atomic E-state index is 0.0151. The number of hydrogen-bond donors (Lipinski definition) is 3. The number of hydrogen-bond acceptors (Lipinski definition) is 8. The van der Waals surface area contributed by atoms with E-state index in [2.05, 4.69) is 0 Å². The summed E-state index contributed by atoms with van der Waals surface area (Å²) in [4.78, 5) is 36.8. The lowest BCUT2D eigenvalue weighted by Crippen LogP contribution is -2.67. The molecule has 6 rings (SSSR count). The average molecular weight is 521 g/mol. The fraction of sp³-hybridized carbons (Fsp3) is 0.414. The molecule has 0 amide bonds. The molecule has 3 N–H and O–H groups in total. The molecular weight excluding hydrogens is 492 g/mol. The predicted molar refractivity (Wildman–Crippen MR) is 131 cm³/mol. The Bertz CT molecular complexity index is 1350. The van der Waals surface area contributed by atoms with Crippen LogP contribution in [0.4, 0.5) is 0 Å². The number of benzene rings is 2. The van der Waals surface area contributed by atoms with Crippen LogP contribution in [0, 0.1) is 5.92 Å². The molecule has 9 nitrogen and oxygen atoms in total. The van der Waals surface area contributed by atoms with Crippen molar-refractivity contribution in [2.24, 2.45) is 5.92 Å². The second-order valence-corrected chi connectivity index (χ2v) is 10.5. The molecular formula is C29H28O9. The number of rotatable bonds is 7. The zero-order valence-corrected chi connectivity index (χ0v) is 20.6. The van der Waals surface area contributed by atoms with Gasteiger partial charge in [0, 0.05) is 11.1 Å². The number of phenols is 1. The standard InChI is InChI=1S/C29H28O9/c30-19-9-8-17-15-18-7-4-13-28-23(17)25(19)38-26(28)20(12-14-29(18,28)35)36-21(31)10-11-22(32)37-24(27(33)34)16-5-2-1-3-6-16/h1-3,5-6,8-9,12,18,24,26,30,35H,4,7,10-11,13-15H2,(H,33,34)/t18-,24-,26+,28+,29-/m0/s1. The van der Waals surface area contributed by atoms with E-state index in [9.17, 15) is 29.7 Å². The van der Waals surface area contributed by atoms with Gasteiger partial charge in [0.2, 0.25) is 6.10 Å². The van der Waals surface area contributed by atoms with Gasteiger partial charge in [-0.15, -0.1) is 0 Å². The van der Waals surface area contributed by atoms with E-state index in [-0.39, 0.29) is 36.7 Å². The molecule has 1 fully saturated rings. The van der Waals surface area contributed by atoms with E-state index in [0.717, 1.165) is 24.0 Å². The van der Waals surface area contributed by atoms with E-state index in [4.69, 9.17) is 14.2 Å². The molecule has 2 bridgehead atoms. The average Bonchev–Trinajstić information content (AvgIpc) is 3.25. The molecule has 1 heterocycles. The van der Waals surface area contributed by atoms with Gasteiger partial charge in [0.05, 0.1) is 23.9 Å². The number of carboxylic acids is 1. The molecule has 198 valence electrons. The maximum atomic E-state index is 12.8. The van der Waals surface area contributed by atoms with Crippen molar-refractivity contribution < 1.29 is 43.9 Å². The van der Waals surface area contributed by atoms with E-state index in [1.54, 1.807) is 42.5 Å². The van der Waals surface area contributed by atoms with Crippen molar-refractivity contribution in [1.82, 2.24) is 0 Å². The van der Waals surface area contributed by atoms with Crippen LogP contribution in [0.3, 0.4) is 0 Å². The van der Waals surface area contributed by atoms with Gasteiger partial charge in [0.15, 0.2) is 17.6 Å². The Morgan fingerprint density at radius 2 is 1.84 bits per heavy atom.